The van der Waals surface area contributed by atoms with Gasteiger partial charge < -0.3 is 5.11 Å². The molecule has 1 rings (SSSR count). The summed E-state index contributed by atoms with van der Waals surface area (Å²) >= 11 is 0. The number of sulfonamides is 1. The molecule has 0 bridgehead atoms. The van der Waals surface area contributed by atoms with Crippen LogP contribution in [0.15, 0.2) is 23.4 Å². The minimum atomic E-state index is -3.53. The fourth-order valence-corrected chi connectivity index (χ4v) is 2.22. The number of aliphatic hydroxyl groups is 1. The zero-order valence-corrected chi connectivity index (χ0v) is 10.9. The fourth-order valence-electron chi connectivity index (χ4n) is 1.13. The van der Waals surface area contributed by atoms with Gasteiger partial charge in [0, 0.05) is 12.7 Å². The molecule has 0 saturated heterocycles. The van der Waals surface area contributed by atoms with E-state index < -0.39 is 10.0 Å². The Morgan fingerprint density at radius 2 is 2.18 bits per heavy atom. The van der Waals surface area contributed by atoms with Crippen LogP contribution in [-0.4, -0.2) is 25.1 Å². The van der Waals surface area contributed by atoms with E-state index in [4.69, 9.17) is 5.11 Å². The summed E-state index contributed by atoms with van der Waals surface area (Å²) in [7, 11) is -3.53. The molecule has 17 heavy (non-hydrogen) atoms. The second kappa shape index (κ2) is 6.09. The first-order valence-corrected chi connectivity index (χ1v) is 7.03. The van der Waals surface area contributed by atoms with Gasteiger partial charge >= 0.3 is 0 Å². The van der Waals surface area contributed by atoms with E-state index in [0.717, 1.165) is 6.42 Å². The van der Waals surface area contributed by atoms with Gasteiger partial charge in [0.15, 0.2) is 5.03 Å². The summed E-state index contributed by atoms with van der Waals surface area (Å²) in [5.41, 5.74) is 0.589. The summed E-state index contributed by atoms with van der Waals surface area (Å²) in [6.45, 7) is 4.24. The molecule has 1 unspecified atom stereocenters. The molecule has 0 aliphatic rings. The van der Waals surface area contributed by atoms with Crippen molar-refractivity contribution >= 4 is 10.0 Å². The van der Waals surface area contributed by atoms with Crippen LogP contribution in [0.5, 0.6) is 0 Å². The first kappa shape index (κ1) is 14.1. The van der Waals surface area contributed by atoms with E-state index in [2.05, 4.69) is 9.71 Å². The van der Waals surface area contributed by atoms with Crippen molar-refractivity contribution in [1.82, 2.24) is 9.71 Å². The predicted octanol–water partition coefficient (Wildman–Crippen LogP) is 0.898. The highest BCUT2D eigenvalue weighted by Crippen LogP contribution is 2.07. The van der Waals surface area contributed by atoms with Crippen molar-refractivity contribution in [1.29, 1.82) is 0 Å². The second-order valence-corrected chi connectivity index (χ2v) is 5.74. The fraction of sp³-hybridized carbons (Fsp3) is 0.545. The summed E-state index contributed by atoms with van der Waals surface area (Å²) < 4.78 is 26.1. The van der Waals surface area contributed by atoms with Crippen LogP contribution in [0.25, 0.3) is 0 Å². The molecule has 96 valence electrons. The Kier molecular flexibility index (Phi) is 5.04. The standard InChI is InChI=1S/C11H18N2O3S/c1-3-9(2)6-13-17(15,16)11-5-4-10(8-14)7-12-11/h4-5,7,9,13-14H,3,6,8H2,1-2H3. The van der Waals surface area contributed by atoms with Gasteiger partial charge in [-0.2, -0.15) is 0 Å². The van der Waals surface area contributed by atoms with E-state index in [-0.39, 0.29) is 11.6 Å². The predicted molar refractivity (Wildman–Crippen MR) is 64.8 cm³/mol. The average molecular weight is 258 g/mol. The quantitative estimate of drug-likeness (QED) is 0.794. The summed E-state index contributed by atoms with van der Waals surface area (Å²) in [4.78, 5) is 3.81. The lowest BCUT2D eigenvalue weighted by Gasteiger charge is -2.10. The molecule has 1 atom stereocenters. The average Bonchev–Trinajstić information content (AvgIpc) is 2.36. The second-order valence-electron chi connectivity index (χ2n) is 4.03. The van der Waals surface area contributed by atoms with Crippen molar-refractivity contribution in [2.75, 3.05) is 6.54 Å². The van der Waals surface area contributed by atoms with Crippen LogP contribution < -0.4 is 4.72 Å². The van der Waals surface area contributed by atoms with Gasteiger partial charge in [0.2, 0.25) is 0 Å². The van der Waals surface area contributed by atoms with E-state index in [1.165, 1.54) is 12.3 Å². The van der Waals surface area contributed by atoms with Crippen molar-refractivity contribution in [3.63, 3.8) is 0 Å². The van der Waals surface area contributed by atoms with E-state index in [9.17, 15) is 8.42 Å². The molecule has 0 saturated carbocycles. The molecule has 6 heteroatoms. The van der Waals surface area contributed by atoms with Crippen molar-refractivity contribution in [3.05, 3.63) is 23.9 Å². The number of pyridine rings is 1. The molecule has 1 aromatic heterocycles. The van der Waals surface area contributed by atoms with Crippen molar-refractivity contribution < 1.29 is 13.5 Å². The highest BCUT2D eigenvalue weighted by atomic mass is 32.2. The van der Waals surface area contributed by atoms with Crippen LogP contribution in [0, 0.1) is 5.92 Å². The third-order valence-corrected chi connectivity index (χ3v) is 3.91. The Morgan fingerprint density at radius 1 is 1.47 bits per heavy atom. The van der Waals surface area contributed by atoms with Gasteiger partial charge in [0.25, 0.3) is 10.0 Å². The van der Waals surface area contributed by atoms with Crippen LogP contribution in [0.4, 0.5) is 0 Å². The molecule has 0 radical (unpaired) electrons. The summed E-state index contributed by atoms with van der Waals surface area (Å²) in [6, 6.07) is 2.94. The van der Waals surface area contributed by atoms with E-state index in [1.54, 1.807) is 6.07 Å². The molecule has 0 fully saturated rings. The molecule has 0 aromatic carbocycles. The Balaban J connectivity index is 2.75. The number of hydrogen-bond acceptors (Lipinski definition) is 4. The van der Waals surface area contributed by atoms with Gasteiger partial charge in [0.1, 0.15) is 0 Å². The minimum absolute atomic E-state index is 0.0157. The van der Waals surface area contributed by atoms with E-state index >= 15 is 0 Å². The first-order valence-electron chi connectivity index (χ1n) is 5.55. The molecule has 0 aliphatic heterocycles. The third kappa shape index (κ3) is 4.07. The molecule has 1 heterocycles. The highest BCUT2D eigenvalue weighted by molar-refractivity contribution is 7.89. The van der Waals surface area contributed by atoms with Gasteiger partial charge in [-0.3, -0.25) is 0 Å². The van der Waals surface area contributed by atoms with Crippen LogP contribution >= 0.6 is 0 Å². The summed E-state index contributed by atoms with van der Waals surface area (Å²) in [5, 5.41) is 8.82. The zero-order chi connectivity index (χ0) is 12.9. The highest BCUT2D eigenvalue weighted by Gasteiger charge is 2.15. The Labute approximate surface area is 102 Å². The lowest BCUT2D eigenvalue weighted by atomic mass is 10.1. The lowest BCUT2D eigenvalue weighted by molar-refractivity contribution is 0.281. The number of hydrogen-bond donors (Lipinski definition) is 2. The normalized spacial score (nSPS) is 13.6. The van der Waals surface area contributed by atoms with Gasteiger partial charge in [-0.25, -0.2) is 18.1 Å². The molecule has 0 amide bonds. The van der Waals surface area contributed by atoms with Crippen LogP contribution in [-0.2, 0) is 16.6 Å². The Morgan fingerprint density at radius 3 is 2.65 bits per heavy atom. The van der Waals surface area contributed by atoms with Gasteiger partial charge in [-0.15, -0.1) is 0 Å². The molecular formula is C11H18N2O3S. The topological polar surface area (TPSA) is 79.3 Å². The molecule has 2 N–H and O–H groups in total. The van der Waals surface area contributed by atoms with Gasteiger partial charge in [-0.1, -0.05) is 26.3 Å². The van der Waals surface area contributed by atoms with Crippen LogP contribution in [0.1, 0.15) is 25.8 Å². The first-order chi connectivity index (χ1) is 7.99. The van der Waals surface area contributed by atoms with E-state index in [1.807, 2.05) is 13.8 Å². The maximum atomic E-state index is 11.8. The van der Waals surface area contributed by atoms with Gasteiger partial charge in [-0.05, 0) is 17.5 Å². The van der Waals surface area contributed by atoms with Crippen LogP contribution in [0.2, 0.25) is 0 Å². The summed E-state index contributed by atoms with van der Waals surface area (Å²) in [5.74, 6) is 0.293. The maximum absolute atomic E-state index is 11.8. The maximum Gasteiger partial charge on any atom is 0.258 e. The van der Waals surface area contributed by atoms with Crippen LogP contribution in [0.3, 0.4) is 0 Å². The largest absolute Gasteiger partial charge is 0.392 e. The van der Waals surface area contributed by atoms with Crippen molar-refractivity contribution in [3.8, 4) is 0 Å². The number of aromatic nitrogens is 1. The lowest BCUT2D eigenvalue weighted by Crippen LogP contribution is -2.28. The minimum Gasteiger partial charge on any atom is -0.392 e. The summed E-state index contributed by atoms with van der Waals surface area (Å²) in [6.07, 6.45) is 2.28. The van der Waals surface area contributed by atoms with Crippen molar-refractivity contribution in [2.24, 2.45) is 5.92 Å². The molecule has 5 nitrogen and oxygen atoms in total. The Bertz CT molecular complexity index is 442. The van der Waals surface area contributed by atoms with Crippen molar-refractivity contribution in [2.45, 2.75) is 31.9 Å². The molecule has 1 aromatic rings. The molecule has 0 aliphatic carbocycles. The third-order valence-electron chi connectivity index (χ3n) is 2.57. The number of nitrogens with one attached hydrogen (secondary N) is 1. The number of nitrogens with zero attached hydrogens (tertiary/aromatic N) is 1. The smallest absolute Gasteiger partial charge is 0.258 e. The number of rotatable bonds is 6. The number of aliphatic hydroxyl groups excluding tert-OH is 1. The SMILES string of the molecule is CCC(C)CNS(=O)(=O)c1ccc(CO)cn1. The monoisotopic (exact) mass is 258 g/mol. The zero-order valence-electron chi connectivity index (χ0n) is 10.0. The Hall–Kier alpha value is -0.980. The molecule has 0 spiro atoms. The molecular weight excluding hydrogens is 240 g/mol. The van der Waals surface area contributed by atoms with E-state index in [0.29, 0.717) is 18.0 Å². The van der Waals surface area contributed by atoms with Gasteiger partial charge in [0.05, 0.1) is 6.61 Å².